The topological polar surface area (TPSA) is 67.4 Å². The number of thiophene rings is 2. The van der Waals surface area contributed by atoms with Crippen LogP contribution in [0.3, 0.4) is 0 Å². The SMILES string of the molecule is CCOC(=O)c1c(NC(=S)NC(=O)/C=C/c2cccs2)sc2c1CC[C@@H](C)C2. The van der Waals surface area contributed by atoms with E-state index in [1.807, 2.05) is 17.5 Å². The van der Waals surface area contributed by atoms with E-state index in [-0.39, 0.29) is 17.0 Å². The Morgan fingerprint density at radius 1 is 1.43 bits per heavy atom. The first-order valence-electron chi connectivity index (χ1n) is 9.13. The van der Waals surface area contributed by atoms with Crippen LogP contribution in [0.1, 0.15) is 45.9 Å². The van der Waals surface area contributed by atoms with Gasteiger partial charge in [-0.3, -0.25) is 10.1 Å². The maximum Gasteiger partial charge on any atom is 0.341 e. The van der Waals surface area contributed by atoms with Crippen LogP contribution in [-0.4, -0.2) is 23.6 Å². The normalized spacial score (nSPS) is 15.9. The number of fused-ring (bicyclic) bond motifs is 1. The number of carbonyl (C=O) groups is 2. The molecule has 28 heavy (non-hydrogen) atoms. The molecule has 2 aromatic rings. The molecule has 0 spiro atoms. The molecule has 148 valence electrons. The summed E-state index contributed by atoms with van der Waals surface area (Å²) in [6.45, 7) is 4.31. The standard InChI is InChI=1S/C20H22N2O3S3/c1-3-25-19(24)17-14-8-6-12(2)11-15(14)28-18(17)22-20(26)21-16(23)9-7-13-5-4-10-27-13/h4-5,7,9-10,12H,3,6,8,11H2,1-2H3,(H2,21,22,23,26)/b9-7+/t12-/m1/s1. The number of esters is 1. The fourth-order valence-electron chi connectivity index (χ4n) is 3.09. The molecule has 1 aliphatic rings. The summed E-state index contributed by atoms with van der Waals surface area (Å²) in [4.78, 5) is 26.8. The van der Waals surface area contributed by atoms with Crippen LogP contribution in [-0.2, 0) is 22.4 Å². The minimum Gasteiger partial charge on any atom is -0.462 e. The largest absolute Gasteiger partial charge is 0.462 e. The van der Waals surface area contributed by atoms with Crippen LogP contribution in [0.5, 0.6) is 0 Å². The fourth-order valence-corrected chi connectivity index (χ4v) is 5.38. The Kier molecular flexibility index (Phi) is 6.98. The third-order valence-electron chi connectivity index (χ3n) is 4.40. The summed E-state index contributed by atoms with van der Waals surface area (Å²) in [7, 11) is 0. The third-order valence-corrected chi connectivity index (χ3v) is 6.61. The van der Waals surface area contributed by atoms with Crippen molar-refractivity contribution in [1.29, 1.82) is 0 Å². The zero-order valence-corrected chi connectivity index (χ0v) is 18.2. The van der Waals surface area contributed by atoms with Crippen LogP contribution < -0.4 is 10.6 Å². The summed E-state index contributed by atoms with van der Waals surface area (Å²) >= 11 is 8.35. The average molecular weight is 435 g/mol. The van der Waals surface area contributed by atoms with Crippen molar-refractivity contribution in [2.45, 2.75) is 33.1 Å². The van der Waals surface area contributed by atoms with Gasteiger partial charge in [-0.1, -0.05) is 13.0 Å². The molecular weight excluding hydrogens is 412 g/mol. The van der Waals surface area contributed by atoms with Gasteiger partial charge in [0, 0.05) is 15.8 Å². The first-order valence-corrected chi connectivity index (χ1v) is 11.2. The number of hydrogen-bond donors (Lipinski definition) is 2. The van der Waals surface area contributed by atoms with Gasteiger partial charge in [-0.2, -0.15) is 0 Å². The summed E-state index contributed by atoms with van der Waals surface area (Å²) in [6.07, 6.45) is 6.01. The quantitative estimate of drug-likeness (QED) is 0.408. The Labute approximate surface area is 177 Å². The number of thiocarbonyl (C=S) groups is 1. The van der Waals surface area contributed by atoms with Crippen LogP contribution in [0.2, 0.25) is 0 Å². The zero-order valence-electron chi connectivity index (χ0n) is 15.7. The molecule has 1 amide bonds. The molecule has 8 heteroatoms. The number of carbonyl (C=O) groups excluding carboxylic acids is 2. The van der Waals surface area contributed by atoms with Gasteiger partial charge in [0.2, 0.25) is 5.91 Å². The maximum atomic E-state index is 12.5. The van der Waals surface area contributed by atoms with Crippen LogP contribution in [0.25, 0.3) is 6.08 Å². The van der Waals surface area contributed by atoms with Crippen LogP contribution in [0, 0.1) is 5.92 Å². The number of nitrogens with one attached hydrogen (secondary N) is 2. The van der Waals surface area contributed by atoms with Crippen molar-refractivity contribution in [3.63, 3.8) is 0 Å². The van der Waals surface area contributed by atoms with Gasteiger partial charge in [-0.15, -0.1) is 22.7 Å². The number of ether oxygens (including phenoxy) is 1. The molecule has 2 N–H and O–H groups in total. The lowest BCUT2D eigenvalue weighted by Gasteiger charge is -2.18. The van der Waals surface area contributed by atoms with Gasteiger partial charge in [0.15, 0.2) is 5.11 Å². The molecule has 1 atom stereocenters. The Bertz CT molecular complexity index is 900. The molecule has 0 fully saturated rings. The molecule has 0 radical (unpaired) electrons. The molecule has 0 saturated carbocycles. The molecule has 2 aromatic heterocycles. The summed E-state index contributed by atoms with van der Waals surface area (Å²) in [6, 6.07) is 3.85. The van der Waals surface area contributed by atoms with E-state index in [0.29, 0.717) is 23.1 Å². The number of rotatable bonds is 5. The second-order valence-electron chi connectivity index (χ2n) is 6.57. The highest BCUT2D eigenvalue weighted by molar-refractivity contribution is 7.80. The van der Waals surface area contributed by atoms with Crippen molar-refractivity contribution in [2.24, 2.45) is 5.92 Å². The highest BCUT2D eigenvalue weighted by atomic mass is 32.1. The monoisotopic (exact) mass is 434 g/mol. The number of anilines is 1. The Hall–Kier alpha value is -2.03. The summed E-state index contributed by atoms with van der Waals surface area (Å²) in [5, 5.41) is 8.42. The van der Waals surface area contributed by atoms with Gasteiger partial charge in [-0.25, -0.2) is 4.79 Å². The van der Waals surface area contributed by atoms with E-state index in [2.05, 4.69) is 17.6 Å². The first kappa shape index (κ1) is 20.7. The summed E-state index contributed by atoms with van der Waals surface area (Å²) in [5.74, 6) is -0.0783. The van der Waals surface area contributed by atoms with E-state index in [9.17, 15) is 9.59 Å². The molecule has 2 heterocycles. The smallest absolute Gasteiger partial charge is 0.341 e. The Morgan fingerprint density at radius 3 is 2.96 bits per heavy atom. The van der Waals surface area contributed by atoms with Gasteiger partial charge in [0.25, 0.3) is 0 Å². The Morgan fingerprint density at radius 2 is 2.25 bits per heavy atom. The van der Waals surface area contributed by atoms with Gasteiger partial charge in [0.05, 0.1) is 12.2 Å². The molecule has 0 bridgehead atoms. The van der Waals surface area contributed by atoms with Gasteiger partial charge >= 0.3 is 5.97 Å². The molecule has 0 unspecified atom stereocenters. The second kappa shape index (κ2) is 9.45. The molecule has 5 nitrogen and oxygen atoms in total. The van der Waals surface area contributed by atoms with Crippen molar-refractivity contribution in [3.05, 3.63) is 44.5 Å². The minimum atomic E-state index is -0.344. The first-order chi connectivity index (χ1) is 13.5. The van der Waals surface area contributed by atoms with E-state index in [0.717, 1.165) is 29.7 Å². The van der Waals surface area contributed by atoms with E-state index in [4.69, 9.17) is 17.0 Å². The summed E-state index contributed by atoms with van der Waals surface area (Å²) < 4.78 is 5.25. The average Bonchev–Trinajstić information content (AvgIpc) is 3.26. The second-order valence-corrected chi connectivity index (χ2v) is 9.06. The number of amides is 1. The fraction of sp³-hybridized carbons (Fsp3) is 0.350. The van der Waals surface area contributed by atoms with E-state index in [1.54, 1.807) is 24.3 Å². The van der Waals surface area contributed by atoms with Gasteiger partial charge in [-0.05, 0) is 67.4 Å². The van der Waals surface area contributed by atoms with Gasteiger partial charge < -0.3 is 10.1 Å². The molecule has 0 aliphatic heterocycles. The lowest BCUT2D eigenvalue weighted by Crippen LogP contribution is -2.33. The highest BCUT2D eigenvalue weighted by Gasteiger charge is 2.28. The molecular formula is C20H22N2O3S3. The molecule has 0 aromatic carbocycles. The van der Waals surface area contributed by atoms with Crippen molar-refractivity contribution >= 4 is 63.0 Å². The summed E-state index contributed by atoms with van der Waals surface area (Å²) in [5.41, 5.74) is 1.61. The predicted octanol–water partition coefficient (Wildman–Crippen LogP) is 4.64. The number of hydrogen-bond acceptors (Lipinski definition) is 6. The molecule has 1 aliphatic carbocycles. The Balaban J connectivity index is 1.72. The van der Waals surface area contributed by atoms with Crippen LogP contribution in [0.4, 0.5) is 5.00 Å². The third kappa shape index (κ3) is 5.06. The predicted molar refractivity (Wildman–Crippen MR) is 119 cm³/mol. The van der Waals surface area contributed by atoms with Crippen LogP contribution in [0.15, 0.2) is 23.6 Å². The van der Waals surface area contributed by atoms with E-state index >= 15 is 0 Å². The van der Waals surface area contributed by atoms with Gasteiger partial charge in [0.1, 0.15) is 5.00 Å². The van der Waals surface area contributed by atoms with Crippen LogP contribution >= 0.6 is 34.9 Å². The van der Waals surface area contributed by atoms with Crippen molar-refractivity contribution in [2.75, 3.05) is 11.9 Å². The zero-order chi connectivity index (χ0) is 20.1. The molecule has 3 rings (SSSR count). The maximum absolute atomic E-state index is 12.5. The van der Waals surface area contributed by atoms with Crippen molar-refractivity contribution in [3.8, 4) is 0 Å². The van der Waals surface area contributed by atoms with Crippen molar-refractivity contribution in [1.82, 2.24) is 5.32 Å². The van der Waals surface area contributed by atoms with E-state index < -0.39 is 0 Å². The lowest BCUT2D eigenvalue weighted by molar-refractivity contribution is -0.115. The van der Waals surface area contributed by atoms with Crippen molar-refractivity contribution < 1.29 is 14.3 Å². The van der Waals surface area contributed by atoms with E-state index in [1.165, 1.54) is 22.3 Å². The molecule has 0 saturated heterocycles. The lowest BCUT2D eigenvalue weighted by atomic mass is 9.88. The highest BCUT2D eigenvalue weighted by Crippen LogP contribution is 2.40. The minimum absolute atomic E-state index is 0.165.